The second-order valence-electron chi connectivity index (χ2n) is 4.96. The summed E-state index contributed by atoms with van der Waals surface area (Å²) in [5.74, 6) is -6.69. The van der Waals surface area contributed by atoms with Crippen molar-refractivity contribution < 1.29 is 22.4 Å². The van der Waals surface area contributed by atoms with E-state index >= 15 is 0 Å². The minimum Gasteiger partial charge on any atom is -0.306 e. The lowest BCUT2D eigenvalue weighted by Gasteiger charge is -2.33. The zero-order chi connectivity index (χ0) is 15.6. The fourth-order valence-electron chi connectivity index (χ4n) is 2.40. The summed E-state index contributed by atoms with van der Waals surface area (Å²) < 4.78 is 54.1. The summed E-state index contributed by atoms with van der Waals surface area (Å²) in [6, 6.07) is -0.459. The van der Waals surface area contributed by atoms with Crippen LogP contribution in [0, 0.1) is 23.3 Å². The van der Waals surface area contributed by atoms with Crippen LogP contribution in [0.5, 0.6) is 0 Å². The van der Waals surface area contributed by atoms with E-state index in [1.807, 2.05) is 6.92 Å². The highest BCUT2D eigenvalue weighted by Crippen LogP contribution is 2.30. The van der Waals surface area contributed by atoms with Crippen molar-refractivity contribution in [3.63, 3.8) is 0 Å². The highest BCUT2D eigenvalue weighted by atomic mass is 19.2. The largest absolute Gasteiger partial charge is 0.306 e. The Hall–Kier alpha value is -1.63. The van der Waals surface area contributed by atoms with Crippen LogP contribution in [-0.4, -0.2) is 25.0 Å². The van der Waals surface area contributed by atoms with Crippen LogP contribution in [0.2, 0.25) is 0 Å². The van der Waals surface area contributed by atoms with E-state index in [9.17, 15) is 22.4 Å². The van der Waals surface area contributed by atoms with Gasteiger partial charge in [-0.2, -0.15) is 0 Å². The van der Waals surface area contributed by atoms with E-state index in [-0.39, 0.29) is 12.6 Å². The van der Waals surface area contributed by atoms with E-state index in [4.69, 9.17) is 0 Å². The first-order chi connectivity index (χ1) is 9.97. The number of piperidine rings is 1. The molecule has 0 aromatic heterocycles. The van der Waals surface area contributed by atoms with E-state index < -0.39 is 40.9 Å². The number of halogens is 4. The van der Waals surface area contributed by atoms with Gasteiger partial charge in [-0.05, 0) is 25.8 Å². The minimum absolute atomic E-state index is 0.0277. The molecule has 1 fully saturated rings. The van der Waals surface area contributed by atoms with Crippen molar-refractivity contribution in [2.75, 3.05) is 18.0 Å². The maximum atomic E-state index is 13.8. The van der Waals surface area contributed by atoms with Gasteiger partial charge in [-0.1, -0.05) is 6.92 Å². The Morgan fingerprint density at radius 2 is 1.86 bits per heavy atom. The molecule has 0 bridgehead atoms. The van der Waals surface area contributed by atoms with Gasteiger partial charge in [0, 0.05) is 12.6 Å². The van der Waals surface area contributed by atoms with Gasteiger partial charge in [0.15, 0.2) is 23.3 Å². The lowest BCUT2D eigenvalue weighted by Crippen LogP contribution is -2.51. The molecule has 1 heterocycles. The second-order valence-corrected chi connectivity index (χ2v) is 4.96. The minimum atomic E-state index is -1.54. The Bertz CT molecular complexity index is 524. The lowest BCUT2D eigenvalue weighted by molar-refractivity contribution is -0.121. The first kappa shape index (κ1) is 15.8. The van der Waals surface area contributed by atoms with Crippen molar-refractivity contribution in [1.29, 1.82) is 0 Å². The van der Waals surface area contributed by atoms with Crippen LogP contribution in [0.1, 0.15) is 26.2 Å². The van der Waals surface area contributed by atoms with Gasteiger partial charge in [0.25, 0.3) is 0 Å². The second kappa shape index (κ2) is 6.43. The number of rotatable bonds is 4. The maximum Gasteiger partial charge on any atom is 0.244 e. The van der Waals surface area contributed by atoms with Crippen molar-refractivity contribution in [3.05, 3.63) is 29.3 Å². The molecule has 1 amide bonds. The smallest absolute Gasteiger partial charge is 0.244 e. The van der Waals surface area contributed by atoms with Gasteiger partial charge in [-0.3, -0.25) is 4.79 Å². The number of carbonyl (C=O) groups excluding carboxylic acids is 1. The van der Waals surface area contributed by atoms with Gasteiger partial charge < -0.3 is 10.2 Å². The van der Waals surface area contributed by atoms with Crippen LogP contribution in [0.15, 0.2) is 6.07 Å². The predicted molar refractivity (Wildman–Crippen MR) is 69.9 cm³/mol. The molecule has 1 N–H and O–H groups in total. The molecule has 1 aromatic rings. The third-order valence-electron chi connectivity index (χ3n) is 3.44. The molecule has 1 aromatic carbocycles. The van der Waals surface area contributed by atoms with Gasteiger partial charge in [0.1, 0.15) is 5.69 Å². The fourth-order valence-corrected chi connectivity index (χ4v) is 2.40. The third kappa shape index (κ3) is 3.02. The highest BCUT2D eigenvalue weighted by Gasteiger charge is 2.34. The number of hydrogen-bond acceptors (Lipinski definition) is 2. The van der Waals surface area contributed by atoms with E-state index in [0.717, 1.165) is 11.3 Å². The SMILES string of the molecule is CCCNC1CCCN(c2c(F)c(F)cc(F)c2F)C1=O. The molecule has 2 rings (SSSR count). The molecule has 1 unspecified atom stereocenters. The molecule has 21 heavy (non-hydrogen) atoms. The monoisotopic (exact) mass is 304 g/mol. The van der Waals surface area contributed by atoms with Crippen LogP contribution < -0.4 is 10.2 Å². The van der Waals surface area contributed by atoms with E-state index in [1.165, 1.54) is 0 Å². The topological polar surface area (TPSA) is 32.3 Å². The zero-order valence-corrected chi connectivity index (χ0v) is 11.6. The van der Waals surface area contributed by atoms with Crippen LogP contribution in [0.4, 0.5) is 23.2 Å². The Morgan fingerprint density at radius 3 is 2.43 bits per heavy atom. The van der Waals surface area contributed by atoms with Gasteiger partial charge >= 0.3 is 0 Å². The van der Waals surface area contributed by atoms with Crippen LogP contribution >= 0.6 is 0 Å². The van der Waals surface area contributed by atoms with E-state index in [2.05, 4.69) is 5.32 Å². The van der Waals surface area contributed by atoms with E-state index in [1.54, 1.807) is 0 Å². The molecule has 7 heteroatoms. The number of hydrogen-bond donors (Lipinski definition) is 1. The molecule has 1 saturated heterocycles. The van der Waals surface area contributed by atoms with Crippen molar-refractivity contribution in [2.45, 2.75) is 32.2 Å². The molecule has 0 spiro atoms. The molecule has 0 saturated carbocycles. The summed E-state index contributed by atoms with van der Waals surface area (Å²) in [5.41, 5.74) is -0.944. The molecule has 1 atom stereocenters. The Kier molecular flexibility index (Phi) is 4.82. The highest BCUT2D eigenvalue weighted by molar-refractivity contribution is 5.98. The standard InChI is InChI=1S/C14H16F4N2O/c1-2-5-19-10-4-3-6-20(14(10)21)13-11(17)8(15)7-9(16)12(13)18/h7,10,19H,2-6H2,1H3. The first-order valence-electron chi connectivity index (χ1n) is 6.85. The summed E-state index contributed by atoms with van der Waals surface area (Å²) in [4.78, 5) is 13.0. The number of amides is 1. The third-order valence-corrected chi connectivity index (χ3v) is 3.44. The lowest BCUT2D eigenvalue weighted by atomic mass is 10.0. The predicted octanol–water partition coefficient (Wildman–Crippen LogP) is 2.74. The summed E-state index contributed by atoms with van der Waals surface area (Å²) in [6.07, 6.45) is 1.81. The van der Waals surface area contributed by atoms with Crippen molar-refractivity contribution in [3.8, 4) is 0 Å². The van der Waals surface area contributed by atoms with Gasteiger partial charge in [0.2, 0.25) is 5.91 Å². The summed E-state index contributed by atoms with van der Waals surface area (Å²) in [6.45, 7) is 2.52. The number of nitrogens with zero attached hydrogens (tertiary/aromatic N) is 1. The molecule has 1 aliphatic heterocycles. The van der Waals surface area contributed by atoms with Gasteiger partial charge in [-0.25, -0.2) is 17.6 Å². The fraction of sp³-hybridized carbons (Fsp3) is 0.500. The number of nitrogens with one attached hydrogen (secondary N) is 1. The Balaban J connectivity index is 2.35. The van der Waals surface area contributed by atoms with Crippen molar-refractivity contribution in [2.24, 2.45) is 0 Å². The molecule has 3 nitrogen and oxygen atoms in total. The maximum absolute atomic E-state index is 13.8. The average Bonchev–Trinajstić information content (AvgIpc) is 2.46. The molecule has 1 aliphatic rings. The normalized spacial score (nSPS) is 19.2. The van der Waals surface area contributed by atoms with Gasteiger partial charge in [-0.15, -0.1) is 0 Å². The van der Waals surface area contributed by atoms with E-state index in [0.29, 0.717) is 19.4 Å². The number of carbonyl (C=O) groups is 1. The number of benzene rings is 1. The molecular formula is C14H16F4N2O. The van der Waals surface area contributed by atoms with Gasteiger partial charge in [0.05, 0.1) is 6.04 Å². The average molecular weight is 304 g/mol. The molecule has 0 radical (unpaired) electrons. The molecule has 116 valence electrons. The van der Waals surface area contributed by atoms with Crippen LogP contribution in [-0.2, 0) is 4.79 Å². The van der Waals surface area contributed by atoms with Crippen LogP contribution in [0.3, 0.4) is 0 Å². The Morgan fingerprint density at radius 1 is 1.24 bits per heavy atom. The summed E-state index contributed by atoms with van der Waals surface area (Å²) in [5, 5.41) is 2.97. The quantitative estimate of drug-likeness (QED) is 0.685. The van der Waals surface area contributed by atoms with Crippen molar-refractivity contribution >= 4 is 11.6 Å². The summed E-state index contributed by atoms with van der Waals surface area (Å²) >= 11 is 0. The summed E-state index contributed by atoms with van der Waals surface area (Å²) in [7, 11) is 0. The molecule has 0 aliphatic carbocycles. The Labute approximate surface area is 119 Å². The number of anilines is 1. The van der Waals surface area contributed by atoms with Crippen LogP contribution in [0.25, 0.3) is 0 Å². The zero-order valence-electron chi connectivity index (χ0n) is 11.6. The molecular weight excluding hydrogens is 288 g/mol. The van der Waals surface area contributed by atoms with Crippen molar-refractivity contribution in [1.82, 2.24) is 5.32 Å². The first-order valence-corrected chi connectivity index (χ1v) is 6.85.